The van der Waals surface area contributed by atoms with Crippen LogP contribution in [0.5, 0.6) is 0 Å². The summed E-state index contributed by atoms with van der Waals surface area (Å²) in [7, 11) is -4.67. The molecule has 0 bridgehead atoms. The van der Waals surface area contributed by atoms with E-state index in [1.54, 1.807) is 18.0 Å². The summed E-state index contributed by atoms with van der Waals surface area (Å²) in [6.45, 7) is 0.660. The Balaban J connectivity index is 0.000000494. The first-order valence-corrected chi connectivity index (χ1v) is 7.19. The van der Waals surface area contributed by atoms with Crippen molar-refractivity contribution in [2.24, 2.45) is 16.5 Å². The molecule has 1 aromatic heterocycles. The van der Waals surface area contributed by atoms with E-state index < -0.39 is 10.4 Å². The van der Waals surface area contributed by atoms with E-state index in [4.69, 9.17) is 33.4 Å². The Labute approximate surface area is 109 Å². The molecule has 0 aliphatic heterocycles. The number of rotatable bonds is 5. The molecule has 0 radical (unpaired) electrons. The number of hydrogen-bond acceptors (Lipinski definition) is 5. The molecule has 104 valence electrons. The largest absolute Gasteiger partial charge is 0.468 e. The third-order valence-electron chi connectivity index (χ3n) is 1.35. The highest BCUT2D eigenvalue weighted by atomic mass is 32.3. The molecule has 10 heteroatoms. The lowest BCUT2D eigenvalue weighted by Gasteiger charge is -1.96. The summed E-state index contributed by atoms with van der Waals surface area (Å²) in [5.41, 5.74) is 10.3. The van der Waals surface area contributed by atoms with E-state index in [0.717, 1.165) is 17.3 Å². The van der Waals surface area contributed by atoms with Gasteiger partial charge >= 0.3 is 10.4 Å². The molecule has 0 unspecified atom stereocenters. The lowest BCUT2D eigenvalue weighted by atomic mass is 10.5. The molecule has 1 rings (SSSR count). The van der Waals surface area contributed by atoms with E-state index in [0.29, 0.717) is 6.54 Å². The summed E-state index contributed by atoms with van der Waals surface area (Å²) in [5, 5.41) is 0. The van der Waals surface area contributed by atoms with Gasteiger partial charge in [-0.05, 0) is 12.1 Å². The first kappa shape index (κ1) is 16.8. The fourth-order valence-corrected chi connectivity index (χ4v) is 1.54. The van der Waals surface area contributed by atoms with Crippen molar-refractivity contribution in [2.45, 2.75) is 5.75 Å². The molecular formula is C8H15N3O5S2. The number of guanidine groups is 1. The number of nitrogens with zero attached hydrogens (tertiary/aromatic N) is 1. The third kappa shape index (κ3) is 14.8. The van der Waals surface area contributed by atoms with Gasteiger partial charge < -0.3 is 15.9 Å². The molecule has 0 aromatic carbocycles. The molecule has 0 aliphatic carbocycles. The molecule has 1 heterocycles. The molecular weight excluding hydrogens is 282 g/mol. The van der Waals surface area contributed by atoms with E-state index >= 15 is 0 Å². The SMILES string of the molecule is NC(N)=NCCSCc1ccco1.O=S(=O)(O)O. The van der Waals surface area contributed by atoms with Gasteiger partial charge in [-0.2, -0.15) is 20.2 Å². The first-order chi connectivity index (χ1) is 8.29. The average molecular weight is 297 g/mol. The second-order valence-electron chi connectivity index (χ2n) is 2.89. The standard InChI is InChI=1S/C8H13N3OS.H2O4S/c9-8(10)11-3-5-13-6-7-2-1-4-12-7;1-5(2,3)4/h1-2,4H,3,5-6H2,(H4,9,10,11);(H2,1,2,3,4). The van der Waals surface area contributed by atoms with Crippen LogP contribution in [-0.2, 0) is 16.2 Å². The van der Waals surface area contributed by atoms with Crippen LogP contribution < -0.4 is 11.5 Å². The maximum absolute atomic E-state index is 8.74. The Hall–Kier alpha value is -1.23. The summed E-state index contributed by atoms with van der Waals surface area (Å²) < 4.78 is 36.7. The van der Waals surface area contributed by atoms with Crippen LogP contribution in [-0.4, -0.2) is 35.8 Å². The number of furan rings is 1. The minimum atomic E-state index is -4.67. The fraction of sp³-hybridized carbons (Fsp3) is 0.375. The Morgan fingerprint density at radius 3 is 2.50 bits per heavy atom. The number of nitrogens with two attached hydrogens (primary N) is 2. The van der Waals surface area contributed by atoms with Crippen LogP contribution in [0.15, 0.2) is 27.8 Å². The lowest BCUT2D eigenvalue weighted by molar-refractivity contribution is 0.381. The molecule has 0 saturated carbocycles. The van der Waals surface area contributed by atoms with Gasteiger partial charge in [0.05, 0.1) is 18.6 Å². The highest BCUT2D eigenvalue weighted by Crippen LogP contribution is 2.11. The van der Waals surface area contributed by atoms with Gasteiger partial charge in [-0.25, -0.2) is 0 Å². The van der Waals surface area contributed by atoms with Crippen LogP contribution in [0.25, 0.3) is 0 Å². The molecule has 0 amide bonds. The fourth-order valence-electron chi connectivity index (χ4n) is 0.807. The zero-order valence-electron chi connectivity index (χ0n) is 9.39. The second kappa shape index (κ2) is 8.80. The van der Waals surface area contributed by atoms with Crippen molar-refractivity contribution >= 4 is 28.1 Å². The summed E-state index contributed by atoms with van der Waals surface area (Å²) in [4.78, 5) is 3.86. The Bertz CT molecular complexity index is 431. The van der Waals surface area contributed by atoms with Crippen molar-refractivity contribution < 1.29 is 21.9 Å². The summed E-state index contributed by atoms with van der Waals surface area (Å²) in [6.07, 6.45) is 1.67. The normalized spacial score (nSPS) is 10.3. The molecule has 6 N–H and O–H groups in total. The van der Waals surface area contributed by atoms with Crippen molar-refractivity contribution in [1.82, 2.24) is 0 Å². The van der Waals surface area contributed by atoms with E-state index in [1.165, 1.54) is 0 Å². The summed E-state index contributed by atoms with van der Waals surface area (Å²) in [5.74, 6) is 2.90. The molecule has 8 nitrogen and oxygen atoms in total. The monoisotopic (exact) mass is 297 g/mol. The zero-order chi connectivity index (χ0) is 14.0. The van der Waals surface area contributed by atoms with Gasteiger partial charge in [0.25, 0.3) is 0 Å². The smallest absolute Gasteiger partial charge is 0.394 e. The maximum Gasteiger partial charge on any atom is 0.394 e. The first-order valence-electron chi connectivity index (χ1n) is 4.64. The highest BCUT2D eigenvalue weighted by molar-refractivity contribution is 7.98. The third-order valence-corrected chi connectivity index (χ3v) is 2.31. The van der Waals surface area contributed by atoms with Gasteiger partial charge in [0.15, 0.2) is 5.96 Å². The molecule has 0 aliphatic rings. The second-order valence-corrected chi connectivity index (χ2v) is 4.89. The summed E-state index contributed by atoms with van der Waals surface area (Å²) in [6, 6.07) is 3.83. The van der Waals surface area contributed by atoms with E-state index in [2.05, 4.69) is 4.99 Å². The van der Waals surface area contributed by atoms with Crippen LogP contribution in [0.2, 0.25) is 0 Å². The van der Waals surface area contributed by atoms with Gasteiger partial charge in [-0.3, -0.25) is 14.1 Å². The minimum absolute atomic E-state index is 0.151. The molecule has 0 atom stereocenters. The lowest BCUT2D eigenvalue weighted by Crippen LogP contribution is -2.23. The van der Waals surface area contributed by atoms with Gasteiger partial charge in [-0.1, -0.05) is 0 Å². The Morgan fingerprint density at radius 2 is 2.06 bits per heavy atom. The quantitative estimate of drug-likeness (QED) is 0.259. The Morgan fingerprint density at radius 1 is 1.44 bits per heavy atom. The molecule has 1 aromatic rings. The van der Waals surface area contributed by atoms with Crippen molar-refractivity contribution in [2.75, 3.05) is 12.3 Å². The van der Waals surface area contributed by atoms with Crippen molar-refractivity contribution in [1.29, 1.82) is 0 Å². The Kier molecular flexibility index (Phi) is 8.20. The molecule has 0 spiro atoms. The van der Waals surface area contributed by atoms with Crippen LogP contribution in [0.1, 0.15) is 5.76 Å². The van der Waals surface area contributed by atoms with Crippen molar-refractivity contribution in [3.8, 4) is 0 Å². The van der Waals surface area contributed by atoms with Gasteiger partial charge in [0, 0.05) is 5.75 Å². The van der Waals surface area contributed by atoms with Crippen LogP contribution in [0.3, 0.4) is 0 Å². The van der Waals surface area contributed by atoms with Gasteiger partial charge in [-0.15, -0.1) is 0 Å². The topological polar surface area (TPSA) is 152 Å². The molecule has 18 heavy (non-hydrogen) atoms. The number of aliphatic imine (C=N–C) groups is 1. The molecule has 0 fully saturated rings. The molecule has 0 saturated heterocycles. The van der Waals surface area contributed by atoms with Gasteiger partial charge in [0.1, 0.15) is 5.76 Å². The zero-order valence-corrected chi connectivity index (χ0v) is 11.0. The predicted octanol–water partition coefficient (Wildman–Crippen LogP) is 0.133. The highest BCUT2D eigenvalue weighted by Gasteiger charge is 1.94. The van der Waals surface area contributed by atoms with E-state index in [-0.39, 0.29) is 5.96 Å². The average Bonchev–Trinajstić information content (AvgIpc) is 2.66. The van der Waals surface area contributed by atoms with Crippen LogP contribution in [0, 0.1) is 0 Å². The maximum atomic E-state index is 8.74. The summed E-state index contributed by atoms with van der Waals surface area (Å²) >= 11 is 1.74. The van der Waals surface area contributed by atoms with Crippen LogP contribution in [0.4, 0.5) is 0 Å². The van der Waals surface area contributed by atoms with Crippen molar-refractivity contribution in [3.05, 3.63) is 24.2 Å². The van der Waals surface area contributed by atoms with E-state index in [9.17, 15) is 0 Å². The van der Waals surface area contributed by atoms with Gasteiger partial charge in [0.2, 0.25) is 0 Å². The minimum Gasteiger partial charge on any atom is -0.468 e. The number of thioether (sulfide) groups is 1. The van der Waals surface area contributed by atoms with Crippen LogP contribution >= 0.6 is 11.8 Å². The predicted molar refractivity (Wildman–Crippen MR) is 69.7 cm³/mol. The number of hydrogen-bond donors (Lipinski definition) is 4. The van der Waals surface area contributed by atoms with Crippen molar-refractivity contribution in [3.63, 3.8) is 0 Å². The van der Waals surface area contributed by atoms with E-state index in [1.807, 2.05) is 12.1 Å².